The maximum atomic E-state index is 12.4. The number of hydrogen-bond donors (Lipinski definition) is 0. The van der Waals surface area contributed by atoms with Gasteiger partial charge in [-0.25, -0.2) is 13.4 Å². The van der Waals surface area contributed by atoms with E-state index in [-0.39, 0.29) is 10.1 Å². The van der Waals surface area contributed by atoms with E-state index in [2.05, 4.69) is 10.1 Å². The molecule has 0 radical (unpaired) electrons. The Morgan fingerprint density at radius 1 is 1.30 bits per heavy atom. The quantitative estimate of drug-likeness (QED) is 0.745. The Morgan fingerprint density at radius 2 is 2.10 bits per heavy atom. The Kier molecular flexibility index (Phi) is 3.10. The molecule has 0 bridgehead atoms. The number of nitrogens with zero attached hydrogens (tertiary/aromatic N) is 3. The second kappa shape index (κ2) is 4.68. The predicted octanol–water partition coefficient (Wildman–Crippen LogP) is 2.31. The molecule has 0 N–H and O–H groups in total. The van der Waals surface area contributed by atoms with Crippen LogP contribution in [0, 0.1) is 6.92 Å². The van der Waals surface area contributed by atoms with Gasteiger partial charge in [0.15, 0.2) is 0 Å². The maximum absolute atomic E-state index is 12.4. The van der Waals surface area contributed by atoms with Gasteiger partial charge in [0, 0.05) is 13.2 Å². The molecule has 0 saturated heterocycles. The van der Waals surface area contributed by atoms with Crippen LogP contribution in [0.25, 0.3) is 10.2 Å². The number of aromatic nitrogens is 3. The minimum atomic E-state index is -3.44. The Hall–Kier alpha value is -1.73. The molecule has 5 nitrogen and oxygen atoms in total. The van der Waals surface area contributed by atoms with E-state index in [1.807, 2.05) is 25.1 Å². The van der Waals surface area contributed by atoms with E-state index in [1.165, 1.54) is 11.3 Å². The average molecular weight is 307 g/mol. The highest BCUT2D eigenvalue weighted by atomic mass is 32.2. The van der Waals surface area contributed by atoms with Gasteiger partial charge in [0.2, 0.25) is 14.2 Å². The lowest BCUT2D eigenvalue weighted by molar-refractivity contribution is 0.593. The van der Waals surface area contributed by atoms with Crippen LogP contribution in [0.4, 0.5) is 0 Å². The van der Waals surface area contributed by atoms with Crippen molar-refractivity contribution in [3.63, 3.8) is 0 Å². The monoisotopic (exact) mass is 307 g/mol. The SMILES string of the molecule is Cc1ccc2sc(S(=O)(=O)Cc3ccn(C)n3)nc2c1. The second-order valence-electron chi connectivity index (χ2n) is 4.69. The number of thiazole rings is 1. The van der Waals surface area contributed by atoms with Gasteiger partial charge >= 0.3 is 0 Å². The third kappa shape index (κ3) is 2.46. The van der Waals surface area contributed by atoms with Gasteiger partial charge in [0.1, 0.15) is 5.75 Å². The fourth-order valence-electron chi connectivity index (χ4n) is 1.95. The van der Waals surface area contributed by atoms with Crippen molar-refractivity contribution in [2.75, 3.05) is 0 Å². The Labute approximate surface area is 120 Å². The molecule has 0 saturated carbocycles. The van der Waals surface area contributed by atoms with Crippen molar-refractivity contribution in [2.24, 2.45) is 7.05 Å². The minimum Gasteiger partial charge on any atom is -0.276 e. The molecule has 0 unspecified atom stereocenters. The molecule has 1 aromatic carbocycles. The highest BCUT2D eigenvalue weighted by Crippen LogP contribution is 2.27. The Balaban J connectivity index is 2.00. The number of aryl methyl sites for hydroxylation is 2. The zero-order chi connectivity index (χ0) is 14.3. The number of hydrogen-bond acceptors (Lipinski definition) is 5. The molecule has 3 aromatic rings. The van der Waals surface area contributed by atoms with Gasteiger partial charge in [-0.1, -0.05) is 6.07 Å². The maximum Gasteiger partial charge on any atom is 0.211 e. The summed E-state index contributed by atoms with van der Waals surface area (Å²) in [5.74, 6) is -0.118. The summed E-state index contributed by atoms with van der Waals surface area (Å²) in [7, 11) is -1.68. The summed E-state index contributed by atoms with van der Waals surface area (Å²) in [6.45, 7) is 1.96. The van der Waals surface area contributed by atoms with Crippen molar-refractivity contribution in [2.45, 2.75) is 17.0 Å². The van der Waals surface area contributed by atoms with Gasteiger partial charge in [0.25, 0.3) is 0 Å². The largest absolute Gasteiger partial charge is 0.276 e. The van der Waals surface area contributed by atoms with Gasteiger partial charge < -0.3 is 0 Å². The van der Waals surface area contributed by atoms with Crippen molar-refractivity contribution in [3.8, 4) is 0 Å². The van der Waals surface area contributed by atoms with E-state index in [0.717, 1.165) is 15.8 Å². The summed E-state index contributed by atoms with van der Waals surface area (Å²) >= 11 is 1.21. The van der Waals surface area contributed by atoms with Crippen LogP contribution in [0.5, 0.6) is 0 Å². The summed E-state index contributed by atoms with van der Waals surface area (Å²) in [5.41, 5.74) is 2.33. The van der Waals surface area contributed by atoms with E-state index in [1.54, 1.807) is 24.0 Å². The number of fused-ring (bicyclic) bond motifs is 1. The molecule has 0 aliphatic carbocycles. The van der Waals surface area contributed by atoms with Crippen molar-refractivity contribution in [1.29, 1.82) is 0 Å². The summed E-state index contributed by atoms with van der Waals surface area (Å²) in [5, 5.41) is 4.10. The lowest BCUT2D eigenvalue weighted by Gasteiger charge is -1.96. The number of rotatable bonds is 3. The molecule has 0 aliphatic heterocycles. The first-order valence-electron chi connectivity index (χ1n) is 6.02. The molecule has 0 aliphatic rings. The first-order chi connectivity index (χ1) is 9.44. The summed E-state index contributed by atoms with van der Waals surface area (Å²) in [4.78, 5) is 4.24. The van der Waals surface area contributed by atoms with Crippen LogP contribution in [0.2, 0.25) is 0 Å². The zero-order valence-electron chi connectivity index (χ0n) is 11.1. The lowest BCUT2D eigenvalue weighted by atomic mass is 10.2. The standard InChI is InChI=1S/C13H13N3O2S2/c1-9-3-4-12-11(7-9)14-13(19-12)20(17,18)8-10-5-6-16(2)15-10/h3-7H,8H2,1-2H3. The van der Waals surface area contributed by atoms with Crippen LogP contribution in [0.3, 0.4) is 0 Å². The van der Waals surface area contributed by atoms with Crippen LogP contribution in [-0.4, -0.2) is 23.2 Å². The molecule has 104 valence electrons. The molecule has 2 heterocycles. The Morgan fingerprint density at radius 3 is 2.80 bits per heavy atom. The third-order valence-electron chi connectivity index (χ3n) is 2.90. The number of sulfone groups is 1. The molecule has 2 aromatic heterocycles. The summed E-state index contributed by atoms with van der Waals surface area (Å²) < 4.78 is 27.4. The van der Waals surface area contributed by atoms with Gasteiger partial charge in [-0.3, -0.25) is 4.68 Å². The second-order valence-corrected chi connectivity index (χ2v) is 7.88. The van der Waals surface area contributed by atoms with Crippen LogP contribution >= 0.6 is 11.3 Å². The van der Waals surface area contributed by atoms with E-state index in [0.29, 0.717) is 5.69 Å². The van der Waals surface area contributed by atoms with Gasteiger partial charge in [0.05, 0.1) is 15.9 Å². The highest BCUT2D eigenvalue weighted by Gasteiger charge is 2.21. The minimum absolute atomic E-state index is 0.118. The first-order valence-corrected chi connectivity index (χ1v) is 8.49. The average Bonchev–Trinajstić information content (AvgIpc) is 2.95. The van der Waals surface area contributed by atoms with E-state index in [9.17, 15) is 8.42 Å². The predicted molar refractivity (Wildman–Crippen MR) is 78.5 cm³/mol. The van der Waals surface area contributed by atoms with E-state index >= 15 is 0 Å². The smallest absolute Gasteiger partial charge is 0.211 e. The van der Waals surface area contributed by atoms with Crippen molar-refractivity contribution >= 4 is 31.4 Å². The molecule has 20 heavy (non-hydrogen) atoms. The molecule has 0 amide bonds. The topological polar surface area (TPSA) is 64.8 Å². The fraction of sp³-hybridized carbons (Fsp3) is 0.231. The van der Waals surface area contributed by atoms with Crippen LogP contribution in [0.15, 0.2) is 34.8 Å². The van der Waals surface area contributed by atoms with Gasteiger partial charge in [-0.2, -0.15) is 5.10 Å². The molecule has 0 atom stereocenters. The highest BCUT2D eigenvalue weighted by molar-refractivity contribution is 7.92. The fourth-order valence-corrected chi connectivity index (χ4v) is 4.48. The van der Waals surface area contributed by atoms with Gasteiger partial charge in [-0.05, 0) is 30.7 Å². The molecule has 3 rings (SSSR count). The molecule has 7 heteroatoms. The van der Waals surface area contributed by atoms with Crippen LogP contribution in [-0.2, 0) is 22.6 Å². The van der Waals surface area contributed by atoms with E-state index in [4.69, 9.17) is 0 Å². The van der Waals surface area contributed by atoms with Crippen molar-refractivity contribution < 1.29 is 8.42 Å². The molecular weight excluding hydrogens is 294 g/mol. The van der Waals surface area contributed by atoms with Crippen molar-refractivity contribution in [3.05, 3.63) is 41.7 Å². The Bertz CT molecular complexity index is 878. The first kappa shape index (κ1) is 13.3. The van der Waals surface area contributed by atoms with Gasteiger partial charge in [-0.15, -0.1) is 11.3 Å². The van der Waals surface area contributed by atoms with Crippen molar-refractivity contribution in [1.82, 2.24) is 14.8 Å². The molecule has 0 spiro atoms. The summed E-state index contributed by atoms with van der Waals surface area (Å²) in [6, 6.07) is 7.46. The van der Waals surface area contributed by atoms with Crippen LogP contribution < -0.4 is 0 Å². The molecular formula is C13H13N3O2S2. The third-order valence-corrected chi connectivity index (χ3v) is 6.04. The number of benzene rings is 1. The van der Waals surface area contributed by atoms with E-state index < -0.39 is 9.84 Å². The van der Waals surface area contributed by atoms with Crippen LogP contribution in [0.1, 0.15) is 11.3 Å². The normalized spacial score (nSPS) is 12.1. The molecule has 0 fully saturated rings. The zero-order valence-corrected chi connectivity index (χ0v) is 12.7. The summed E-state index contributed by atoms with van der Waals surface area (Å²) in [6.07, 6.45) is 1.73. The lowest BCUT2D eigenvalue weighted by Crippen LogP contribution is -2.05.